The molecule has 0 bridgehead atoms. The van der Waals surface area contributed by atoms with Crippen LogP contribution in [-0.4, -0.2) is 45.4 Å². The smallest absolute Gasteiger partial charge is 0.322 e. The van der Waals surface area contributed by atoms with Crippen LogP contribution >= 0.6 is 0 Å². The Balaban J connectivity index is 2.10. The van der Waals surface area contributed by atoms with Gasteiger partial charge in [-0.05, 0) is 50.1 Å². The minimum absolute atomic E-state index is 0.0991. The number of anilines is 1. The molecule has 0 saturated heterocycles. The number of hydrogen-bond acceptors (Lipinski definition) is 5. The van der Waals surface area contributed by atoms with E-state index in [1.165, 1.54) is 6.92 Å². The maximum Gasteiger partial charge on any atom is 0.322 e. The van der Waals surface area contributed by atoms with Gasteiger partial charge in [-0.2, -0.15) is 8.42 Å². The van der Waals surface area contributed by atoms with Crippen LogP contribution in [0.15, 0.2) is 42.5 Å². The lowest BCUT2D eigenvalue weighted by atomic mass is 10.1. The van der Waals surface area contributed by atoms with Crippen LogP contribution < -0.4 is 9.50 Å². The van der Waals surface area contributed by atoms with Crippen molar-refractivity contribution in [3.05, 3.63) is 59.2 Å². The molecular weight excluding hydrogens is 392 g/mol. The van der Waals surface area contributed by atoms with Gasteiger partial charge in [0.2, 0.25) is 0 Å². The number of benzene rings is 2. The van der Waals surface area contributed by atoms with E-state index in [9.17, 15) is 13.2 Å². The first-order valence-corrected chi connectivity index (χ1v) is 10.9. The highest BCUT2D eigenvalue weighted by molar-refractivity contribution is 7.87. The van der Waals surface area contributed by atoms with Crippen molar-refractivity contribution < 1.29 is 22.1 Å². The molecule has 0 spiro atoms. The molecule has 8 heteroatoms. The van der Waals surface area contributed by atoms with Crippen LogP contribution in [0.5, 0.6) is 5.75 Å². The molecule has 0 aliphatic rings. The zero-order chi connectivity index (χ0) is 21.4. The van der Waals surface area contributed by atoms with Crippen molar-refractivity contribution in [3.63, 3.8) is 0 Å². The first-order chi connectivity index (χ1) is 13.7. The summed E-state index contributed by atoms with van der Waals surface area (Å²) in [6.45, 7) is 6.63. The number of nitrogens with one attached hydrogen (secondary N) is 1. The topological polar surface area (TPSA) is 84.9 Å². The molecule has 2 aromatic carbocycles. The van der Waals surface area contributed by atoms with Gasteiger partial charge in [0.1, 0.15) is 5.75 Å². The van der Waals surface area contributed by atoms with Crippen LogP contribution in [-0.2, 0) is 21.4 Å². The lowest BCUT2D eigenvalue weighted by molar-refractivity contribution is 0.153. The largest absolute Gasteiger partial charge is 0.383 e. The third-order valence-corrected chi connectivity index (χ3v) is 5.50. The second-order valence-corrected chi connectivity index (χ2v) is 8.60. The Morgan fingerprint density at radius 2 is 1.79 bits per heavy atom. The molecular formula is C21H28N2O5S. The van der Waals surface area contributed by atoms with Gasteiger partial charge in [0.05, 0.1) is 12.4 Å². The Kier molecular flexibility index (Phi) is 8.04. The number of urea groups is 1. The summed E-state index contributed by atoms with van der Waals surface area (Å²) >= 11 is 0. The average Bonchev–Trinajstić information content (AvgIpc) is 2.68. The Morgan fingerprint density at radius 1 is 1.10 bits per heavy atom. The van der Waals surface area contributed by atoms with E-state index in [1.54, 1.807) is 36.3 Å². The molecule has 0 aromatic heterocycles. The van der Waals surface area contributed by atoms with Crippen LogP contribution in [0.1, 0.15) is 23.6 Å². The summed E-state index contributed by atoms with van der Waals surface area (Å²) in [5.74, 6) is 0.150. The number of methoxy groups -OCH3 is 1. The van der Waals surface area contributed by atoms with Crippen molar-refractivity contribution in [1.29, 1.82) is 0 Å². The van der Waals surface area contributed by atoms with Crippen molar-refractivity contribution in [2.75, 3.05) is 31.3 Å². The monoisotopic (exact) mass is 420 g/mol. The van der Waals surface area contributed by atoms with Gasteiger partial charge < -0.3 is 19.1 Å². The molecule has 1 N–H and O–H groups in total. The van der Waals surface area contributed by atoms with Crippen LogP contribution in [0.4, 0.5) is 10.5 Å². The third kappa shape index (κ3) is 7.07. The maximum absolute atomic E-state index is 12.8. The molecule has 0 aliphatic carbocycles. The van der Waals surface area contributed by atoms with Crippen LogP contribution in [0.2, 0.25) is 0 Å². The van der Waals surface area contributed by atoms with E-state index < -0.39 is 10.1 Å². The molecule has 0 saturated carbocycles. The van der Waals surface area contributed by atoms with Gasteiger partial charge in [0, 0.05) is 25.9 Å². The Hall–Kier alpha value is -2.58. The number of aryl methyl sites for hydroxylation is 2. The van der Waals surface area contributed by atoms with Gasteiger partial charge in [-0.1, -0.05) is 29.8 Å². The zero-order valence-corrected chi connectivity index (χ0v) is 18.1. The van der Waals surface area contributed by atoms with E-state index in [4.69, 9.17) is 8.92 Å². The summed E-state index contributed by atoms with van der Waals surface area (Å²) in [5.41, 5.74) is 3.72. The van der Waals surface area contributed by atoms with E-state index in [2.05, 4.69) is 5.32 Å². The van der Waals surface area contributed by atoms with Gasteiger partial charge in [-0.25, -0.2) is 4.79 Å². The van der Waals surface area contributed by atoms with Crippen molar-refractivity contribution >= 4 is 21.8 Å². The number of amides is 2. The molecule has 2 amide bonds. The molecule has 0 fully saturated rings. The summed E-state index contributed by atoms with van der Waals surface area (Å²) in [5, 5.41) is 2.94. The number of carbonyl (C=O) groups is 1. The van der Waals surface area contributed by atoms with Gasteiger partial charge in [-0.3, -0.25) is 0 Å². The Labute approximate surface area is 172 Å². The van der Waals surface area contributed by atoms with Crippen molar-refractivity contribution in [2.45, 2.75) is 27.3 Å². The molecule has 7 nitrogen and oxygen atoms in total. The lowest BCUT2D eigenvalue weighted by Gasteiger charge is -2.23. The van der Waals surface area contributed by atoms with Gasteiger partial charge in [0.15, 0.2) is 0 Å². The van der Waals surface area contributed by atoms with Crippen LogP contribution in [0.3, 0.4) is 0 Å². The molecule has 0 heterocycles. The second kappa shape index (κ2) is 10.3. The normalized spacial score (nSPS) is 11.2. The quantitative estimate of drug-likeness (QED) is 0.625. The van der Waals surface area contributed by atoms with Crippen molar-refractivity contribution in [3.8, 4) is 5.75 Å². The SMILES string of the molecule is CCS(=O)(=O)Oc1ccc(CN(CCOC)C(=O)Nc2ccc(C)cc2C)cc1. The van der Waals surface area contributed by atoms with Gasteiger partial charge in [-0.15, -0.1) is 0 Å². The molecule has 0 atom stereocenters. The Morgan fingerprint density at radius 3 is 2.38 bits per heavy atom. The fraction of sp³-hybridized carbons (Fsp3) is 0.381. The fourth-order valence-electron chi connectivity index (χ4n) is 2.68. The number of nitrogens with zero attached hydrogens (tertiary/aromatic N) is 1. The highest BCUT2D eigenvalue weighted by Crippen LogP contribution is 2.19. The van der Waals surface area contributed by atoms with E-state index >= 15 is 0 Å². The standard InChI is InChI=1S/C21H28N2O5S/c1-5-29(25,26)28-19-9-7-18(8-10-19)15-23(12-13-27-4)21(24)22-20-11-6-16(2)14-17(20)3/h6-11,14H,5,12-13,15H2,1-4H3,(H,22,24). The minimum atomic E-state index is -3.57. The number of hydrogen-bond donors (Lipinski definition) is 1. The third-order valence-electron chi connectivity index (χ3n) is 4.35. The molecule has 0 radical (unpaired) electrons. The zero-order valence-electron chi connectivity index (χ0n) is 17.3. The summed E-state index contributed by atoms with van der Waals surface area (Å²) in [7, 11) is -1.98. The van der Waals surface area contributed by atoms with Crippen molar-refractivity contribution in [2.24, 2.45) is 0 Å². The highest BCUT2D eigenvalue weighted by Gasteiger charge is 2.16. The number of ether oxygens (including phenoxy) is 1. The predicted molar refractivity (Wildman–Crippen MR) is 114 cm³/mol. The maximum atomic E-state index is 12.8. The molecule has 0 unspecified atom stereocenters. The summed E-state index contributed by atoms with van der Waals surface area (Å²) < 4.78 is 33.2. The molecule has 2 aromatic rings. The average molecular weight is 421 g/mol. The molecule has 0 aliphatic heterocycles. The van der Waals surface area contributed by atoms with Crippen LogP contribution in [0, 0.1) is 13.8 Å². The molecule has 2 rings (SSSR count). The first kappa shape index (κ1) is 22.7. The minimum Gasteiger partial charge on any atom is -0.383 e. The summed E-state index contributed by atoms with van der Waals surface area (Å²) in [6.07, 6.45) is 0. The lowest BCUT2D eigenvalue weighted by Crippen LogP contribution is -2.37. The van der Waals surface area contributed by atoms with Crippen molar-refractivity contribution in [1.82, 2.24) is 4.90 Å². The number of carbonyl (C=O) groups excluding carboxylic acids is 1. The second-order valence-electron chi connectivity index (χ2n) is 6.74. The van der Waals surface area contributed by atoms with Gasteiger partial charge in [0.25, 0.3) is 0 Å². The van der Waals surface area contributed by atoms with Gasteiger partial charge >= 0.3 is 16.1 Å². The predicted octanol–water partition coefficient (Wildman–Crippen LogP) is 3.71. The van der Waals surface area contributed by atoms with E-state index in [-0.39, 0.29) is 17.5 Å². The first-order valence-electron chi connectivity index (χ1n) is 9.37. The molecule has 158 valence electrons. The van der Waals surface area contributed by atoms with E-state index in [0.29, 0.717) is 19.7 Å². The summed E-state index contributed by atoms with van der Waals surface area (Å²) in [4.78, 5) is 14.4. The van der Waals surface area contributed by atoms with E-state index in [0.717, 1.165) is 22.4 Å². The molecule has 29 heavy (non-hydrogen) atoms. The Bertz CT molecular complexity index is 927. The highest BCUT2D eigenvalue weighted by atomic mass is 32.2. The van der Waals surface area contributed by atoms with Crippen LogP contribution in [0.25, 0.3) is 0 Å². The fourth-order valence-corrected chi connectivity index (χ4v) is 3.20. The number of rotatable bonds is 9. The summed E-state index contributed by atoms with van der Waals surface area (Å²) in [6, 6.07) is 12.3. The van der Waals surface area contributed by atoms with E-state index in [1.807, 2.05) is 32.0 Å².